The highest BCUT2D eigenvalue weighted by Gasteiger charge is 2.21. The van der Waals surface area contributed by atoms with E-state index >= 15 is 0 Å². The molecule has 2 aromatic rings. The molecule has 8 heteroatoms. The number of carbonyl (C=O) groups excluding carboxylic acids is 2. The molecule has 2 aromatic carbocycles. The van der Waals surface area contributed by atoms with E-state index in [2.05, 4.69) is 5.32 Å². The van der Waals surface area contributed by atoms with Gasteiger partial charge >= 0.3 is 5.97 Å². The van der Waals surface area contributed by atoms with E-state index in [-0.39, 0.29) is 11.3 Å². The van der Waals surface area contributed by atoms with Crippen molar-refractivity contribution >= 4 is 63.4 Å². The van der Waals surface area contributed by atoms with Crippen LogP contribution < -0.4 is 5.32 Å². The largest absolute Gasteiger partial charge is 0.507 e. The number of amides is 1. The predicted octanol–water partition coefficient (Wildman–Crippen LogP) is 4.49. The minimum absolute atomic E-state index is 0.00708. The van der Waals surface area contributed by atoms with Crippen molar-refractivity contribution in [2.45, 2.75) is 13.0 Å². The van der Waals surface area contributed by atoms with Crippen molar-refractivity contribution in [1.29, 1.82) is 0 Å². The molecule has 2 N–H and O–H groups in total. The number of carbonyl (C=O) groups is 2. The number of benzene rings is 2. The second-order valence-corrected chi connectivity index (χ2v) is 6.97. The lowest BCUT2D eigenvalue weighted by Crippen LogP contribution is -2.30. The molecular formula is C16H12Cl2INO4. The molecule has 0 aliphatic carbocycles. The second kappa shape index (κ2) is 8.04. The maximum absolute atomic E-state index is 12.1. The SMILES string of the molecule is CC(OC(=O)c1cc(I)ccc1O)C(=O)Nc1cc(Cl)cc(Cl)c1. The quantitative estimate of drug-likeness (QED) is 0.500. The number of halogens is 3. The molecule has 5 nitrogen and oxygen atoms in total. The number of nitrogens with one attached hydrogen (secondary N) is 1. The summed E-state index contributed by atoms with van der Waals surface area (Å²) in [5, 5.41) is 13.0. The molecule has 2 rings (SSSR count). The van der Waals surface area contributed by atoms with E-state index in [1.807, 2.05) is 22.6 Å². The summed E-state index contributed by atoms with van der Waals surface area (Å²) >= 11 is 13.7. The normalized spacial score (nSPS) is 11.7. The molecule has 1 atom stereocenters. The van der Waals surface area contributed by atoms with Gasteiger partial charge in [-0.25, -0.2) is 4.79 Å². The van der Waals surface area contributed by atoms with Crippen LogP contribution in [-0.4, -0.2) is 23.1 Å². The van der Waals surface area contributed by atoms with Crippen molar-refractivity contribution in [1.82, 2.24) is 0 Å². The van der Waals surface area contributed by atoms with Crippen LogP contribution in [0.1, 0.15) is 17.3 Å². The Morgan fingerprint density at radius 3 is 2.42 bits per heavy atom. The molecule has 0 saturated heterocycles. The smallest absolute Gasteiger partial charge is 0.342 e. The molecule has 24 heavy (non-hydrogen) atoms. The lowest BCUT2D eigenvalue weighted by Gasteiger charge is -2.14. The Balaban J connectivity index is 2.05. The minimum Gasteiger partial charge on any atom is -0.507 e. The van der Waals surface area contributed by atoms with Crippen LogP contribution in [0.15, 0.2) is 36.4 Å². The van der Waals surface area contributed by atoms with Gasteiger partial charge in [-0.2, -0.15) is 0 Å². The third-order valence-corrected chi connectivity index (χ3v) is 4.07. The first kappa shape index (κ1) is 18.8. The van der Waals surface area contributed by atoms with Gasteiger partial charge in [-0.15, -0.1) is 0 Å². The van der Waals surface area contributed by atoms with Crippen LogP contribution in [-0.2, 0) is 9.53 Å². The number of ether oxygens (including phenoxy) is 1. The van der Waals surface area contributed by atoms with Crippen molar-refractivity contribution in [2.24, 2.45) is 0 Å². The summed E-state index contributed by atoms with van der Waals surface area (Å²) in [5.41, 5.74) is 0.379. The summed E-state index contributed by atoms with van der Waals surface area (Å²) in [6.45, 7) is 1.42. The fourth-order valence-electron chi connectivity index (χ4n) is 1.82. The highest BCUT2D eigenvalue weighted by Crippen LogP contribution is 2.23. The molecular weight excluding hydrogens is 468 g/mol. The fourth-order valence-corrected chi connectivity index (χ4v) is 2.84. The van der Waals surface area contributed by atoms with Crippen LogP contribution in [0.5, 0.6) is 5.75 Å². The van der Waals surface area contributed by atoms with Crippen molar-refractivity contribution in [3.63, 3.8) is 0 Å². The summed E-state index contributed by atoms with van der Waals surface area (Å²) < 4.78 is 5.84. The first-order chi connectivity index (χ1) is 11.3. The Morgan fingerprint density at radius 1 is 1.17 bits per heavy atom. The summed E-state index contributed by atoms with van der Waals surface area (Å²) in [6.07, 6.45) is -1.08. The molecule has 1 unspecified atom stereocenters. The van der Waals surface area contributed by atoms with E-state index in [1.165, 1.54) is 37.3 Å². The van der Waals surface area contributed by atoms with Crippen molar-refractivity contribution < 1.29 is 19.4 Å². The van der Waals surface area contributed by atoms with Crippen molar-refractivity contribution in [3.05, 3.63) is 55.6 Å². The molecule has 0 saturated carbocycles. The number of hydrogen-bond acceptors (Lipinski definition) is 4. The van der Waals surface area contributed by atoms with Gasteiger partial charge in [-0.05, 0) is 65.9 Å². The molecule has 1 amide bonds. The topological polar surface area (TPSA) is 75.6 Å². The first-order valence-corrected chi connectivity index (χ1v) is 8.56. The van der Waals surface area contributed by atoms with Crippen molar-refractivity contribution in [2.75, 3.05) is 5.32 Å². The van der Waals surface area contributed by atoms with E-state index in [0.717, 1.165) is 3.57 Å². The Kier molecular flexibility index (Phi) is 6.31. The van der Waals surface area contributed by atoms with Gasteiger partial charge in [0.2, 0.25) is 0 Å². The van der Waals surface area contributed by atoms with Crippen LogP contribution in [0.4, 0.5) is 5.69 Å². The fraction of sp³-hybridized carbons (Fsp3) is 0.125. The third kappa shape index (κ3) is 4.99. The number of aromatic hydroxyl groups is 1. The molecule has 0 radical (unpaired) electrons. The Morgan fingerprint density at radius 2 is 1.79 bits per heavy atom. The molecule has 126 valence electrons. The van der Waals surface area contributed by atoms with Crippen LogP contribution in [0.25, 0.3) is 0 Å². The molecule has 0 heterocycles. The molecule has 0 fully saturated rings. The Labute approximate surface area is 162 Å². The van der Waals surface area contributed by atoms with Gasteiger partial charge in [0.15, 0.2) is 6.10 Å². The van der Waals surface area contributed by atoms with Crippen molar-refractivity contribution in [3.8, 4) is 5.75 Å². The molecule has 0 aromatic heterocycles. The van der Waals surface area contributed by atoms with E-state index in [0.29, 0.717) is 15.7 Å². The van der Waals surface area contributed by atoms with Gasteiger partial charge in [-0.1, -0.05) is 23.2 Å². The van der Waals surface area contributed by atoms with Crippen LogP contribution >= 0.6 is 45.8 Å². The minimum atomic E-state index is -1.08. The standard InChI is InChI=1S/C16H12Cl2INO4/c1-8(15(22)20-12-5-9(17)4-10(18)6-12)24-16(23)13-7-11(19)2-3-14(13)21/h2-8,21H,1H3,(H,20,22). The van der Waals surface area contributed by atoms with E-state index in [1.54, 1.807) is 6.07 Å². The zero-order valence-electron chi connectivity index (χ0n) is 12.3. The van der Waals surface area contributed by atoms with Gasteiger partial charge in [0.05, 0.1) is 0 Å². The zero-order chi connectivity index (χ0) is 17.9. The molecule has 0 aliphatic rings. The zero-order valence-corrected chi connectivity index (χ0v) is 16.0. The number of hydrogen-bond donors (Lipinski definition) is 2. The maximum Gasteiger partial charge on any atom is 0.342 e. The highest BCUT2D eigenvalue weighted by atomic mass is 127. The number of phenolic OH excluding ortho intramolecular Hbond substituents is 1. The number of anilines is 1. The van der Waals surface area contributed by atoms with Gasteiger partial charge < -0.3 is 15.2 Å². The lowest BCUT2D eigenvalue weighted by atomic mass is 10.2. The Bertz CT molecular complexity index is 777. The Hall–Kier alpha value is -1.51. The predicted molar refractivity (Wildman–Crippen MR) is 101 cm³/mol. The van der Waals surface area contributed by atoms with E-state index in [4.69, 9.17) is 27.9 Å². The monoisotopic (exact) mass is 479 g/mol. The van der Waals surface area contributed by atoms with Gasteiger partial charge in [0, 0.05) is 19.3 Å². The first-order valence-electron chi connectivity index (χ1n) is 6.72. The summed E-state index contributed by atoms with van der Waals surface area (Å²) in [7, 11) is 0. The van der Waals surface area contributed by atoms with Crippen LogP contribution in [0, 0.1) is 3.57 Å². The van der Waals surface area contributed by atoms with Crippen LogP contribution in [0.3, 0.4) is 0 Å². The number of rotatable bonds is 4. The molecule has 0 spiro atoms. The highest BCUT2D eigenvalue weighted by molar-refractivity contribution is 14.1. The third-order valence-electron chi connectivity index (χ3n) is 2.96. The van der Waals surface area contributed by atoms with Gasteiger partial charge in [-0.3, -0.25) is 4.79 Å². The number of esters is 1. The molecule has 0 bridgehead atoms. The second-order valence-electron chi connectivity index (χ2n) is 4.86. The maximum atomic E-state index is 12.1. The van der Waals surface area contributed by atoms with E-state index < -0.39 is 18.0 Å². The number of phenols is 1. The average Bonchev–Trinajstić information content (AvgIpc) is 2.48. The lowest BCUT2D eigenvalue weighted by molar-refractivity contribution is -0.123. The van der Waals surface area contributed by atoms with Gasteiger partial charge in [0.1, 0.15) is 11.3 Å². The van der Waals surface area contributed by atoms with Gasteiger partial charge in [0.25, 0.3) is 5.91 Å². The summed E-state index contributed by atoms with van der Waals surface area (Å²) in [6, 6.07) is 9.07. The summed E-state index contributed by atoms with van der Waals surface area (Å²) in [5.74, 6) is -1.56. The average molecular weight is 480 g/mol. The van der Waals surface area contributed by atoms with E-state index in [9.17, 15) is 14.7 Å². The van der Waals surface area contributed by atoms with Crippen LogP contribution in [0.2, 0.25) is 10.0 Å². The summed E-state index contributed by atoms with van der Waals surface area (Å²) in [4.78, 5) is 24.2. The molecule has 0 aliphatic heterocycles.